The van der Waals surface area contributed by atoms with Gasteiger partial charge < -0.3 is 15.7 Å². The first kappa shape index (κ1) is 15.9. The lowest BCUT2D eigenvalue weighted by atomic mass is 9.88. The molecule has 2 amide bonds. The molecule has 0 aliphatic carbocycles. The van der Waals surface area contributed by atoms with Crippen LogP contribution in [0.5, 0.6) is 0 Å². The Hall–Kier alpha value is -2.11. The predicted molar refractivity (Wildman–Crippen MR) is 75.4 cm³/mol. The molecule has 0 saturated carbocycles. The van der Waals surface area contributed by atoms with Crippen LogP contribution in [-0.2, 0) is 11.2 Å². The third-order valence-electron chi connectivity index (χ3n) is 3.33. The number of pyridine rings is 1. The van der Waals surface area contributed by atoms with Gasteiger partial charge in [-0.2, -0.15) is 0 Å². The molecule has 1 aromatic heterocycles. The predicted octanol–water partition coefficient (Wildman–Crippen LogP) is 1.42. The lowest BCUT2D eigenvalue weighted by Crippen LogP contribution is -2.45. The minimum Gasteiger partial charge on any atom is -0.481 e. The molecule has 0 bridgehead atoms. The first-order valence-corrected chi connectivity index (χ1v) is 6.63. The molecule has 0 aromatic carbocycles. The first-order valence-electron chi connectivity index (χ1n) is 6.63. The summed E-state index contributed by atoms with van der Waals surface area (Å²) in [7, 11) is 0. The van der Waals surface area contributed by atoms with E-state index in [2.05, 4.69) is 15.6 Å². The molecule has 3 N–H and O–H groups in total. The van der Waals surface area contributed by atoms with E-state index in [9.17, 15) is 9.59 Å². The Labute approximate surface area is 118 Å². The van der Waals surface area contributed by atoms with Gasteiger partial charge in [0, 0.05) is 31.4 Å². The van der Waals surface area contributed by atoms with Gasteiger partial charge in [0.25, 0.3) is 0 Å². The molecule has 0 aliphatic rings. The van der Waals surface area contributed by atoms with Crippen molar-refractivity contribution in [3.8, 4) is 0 Å². The number of hydrogen-bond acceptors (Lipinski definition) is 3. The van der Waals surface area contributed by atoms with Gasteiger partial charge >= 0.3 is 12.0 Å². The number of carbonyl (C=O) groups is 2. The molecule has 1 atom stereocenters. The number of hydrogen-bond donors (Lipinski definition) is 3. The zero-order chi connectivity index (χ0) is 15.0. The van der Waals surface area contributed by atoms with E-state index >= 15 is 0 Å². The van der Waals surface area contributed by atoms with Crippen molar-refractivity contribution in [2.75, 3.05) is 13.1 Å². The van der Waals surface area contributed by atoms with Crippen LogP contribution < -0.4 is 10.6 Å². The molecule has 0 radical (unpaired) electrons. The molecule has 0 saturated heterocycles. The van der Waals surface area contributed by atoms with E-state index < -0.39 is 11.4 Å². The summed E-state index contributed by atoms with van der Waals surface area (Å²) in [6.07, 6.45) is 2.80. The summed E-state index contributed by atoms with van der Waals surface area (Å²) >= 11 is 0. The smallest absolute Gasteiger partial charge is 0.314 e. The second-order valence-electron chi connectivity index (χ2n) is 4.90. The van der Waals surface area contributed by atoms with Crippen LogP contribution in [0.2, 0.25) is 0 Å². The standard InChI is InChI=1S/C14H21N3O3/c1-3-14(2,12(18)19)10-17-13(20)16-9-7-11-6-4-5-8-15-11/h4-6,8H,3,7,9-10H2,1-2H3,(H,18,19)(H2,16,17,20). The lowest BCUT2D eigenvalue weighted by Gasteiger charge is -2.23. The third-order valence-corrected chi connectivity index (χ3v) is 3.33. The monoisotopic (exact) mass is 279 g/mol. The number of nitrogens with one attached hydrogen (secondary N) is 2. The fraction of sp³-hybridized carbons (Fsp3) is 0.500. The Kier molecular flexibility index (Phi) is 5.96. The zero-order valence-electron chi connectivity index (χ0n) is 11.8. The largest absolute Gasteiger partial charge is 0.481 e. The van der Waals surface area contributed by atoms with E-state index in [4.69, 9.17) is 5.11 Å². The summed E-state index contributed by atoms with van der Waals surface area (Å²) in [6.45, 7) is 3.96. The van der Waals surface area contributed by atoms with E-state index in [-0.39, 0.29) is 12.6 Å². The zero-order valence-corrected chi connectivity index (χ0v) is 11.8. The molecule has 1 rings (SSSR count). The maximum Gasteiger partial charge on any atom is 0.314 e. The van der Waals surface area contributed by atoms with Crippen LogP contribution in [0, 0.1) is 5.41 Å². The van der Waals surface area contributed by atoms with Gasteiger partial charge in [0.05, 0.1) is 5.41 Å². The number of carbonyl (C=O) groups excluding carboxylic acids is 1. The maximum atomic E-state index is 11.6. The van der Waals surface area contributed by atoms with Crippen molar-refractivity contribution in [1.82, 2.24) is 15.6 Å². The molecule has 1 unspecified atom stereocenters. The van der Waals surface area contributed by atoms with Gasteiger partial charge in [-0.15, -0.1) is 0 Å². The number of urea groups is 1. The molecule has 6 heteroatoms. The molecule has 0 fully saturated rings. The van der Waals surface area contributed by atoms with Gasteiger partial charge in [-0.1, -0.05) is 13.0 Å². The lowest BCUT2D eigenvalue weighted by molar-refractivity contribution is -0.147. The van der Waals surface area contributed by atoms with Gasteiger partial charge in [0.15, 0.2) is 0 Å². The second kappa shape index (κ2) is 7.47. The SMILES string of the molecule is CCC(C)(CNC(=O)NCCc1ccccn1)C(=O)O. The van der Waals surface area contributed by atoms with Gasteiger partial charge in [0.2, 0.25) is 0 Å². The molecule has 20 heavy (non-hydrogen) atoms. The van der Waals surface area contributed by atoms with E-state index in [0.717, 1.165) is 5.69 Å². The topological polar surface area (TPSA) is 91.3 Å². The van der Waals surface area contributed by atoms with Gasteiger partial charge in [0.1, 0.15) is 0 Å². The van der Waals surface area contributed by atoms with Crippen LogP contribution in [0.1, 0.15) is 26.0 Å². The highest BCUT2D eigenvalue weighted by Crippen LogP contribution is 2.19. The van der Waals surface area contributed by atoms with Crippen molar-refractivity contribution in [2.45, 2.75) is 26.7 Å². The van der Waals surface area contributed by atoms with Crippen molar-refractivity contribution in [3.63, 3.8) is 0 Å². The molecule has 0 spiro atoms. The number of amides is 2. The third kappa shape index (κ3) is 4.87. The Morgan fingerprint density at radius 3 is 2.65 bits per heavy atom. The van der Waals surface area contributed by atoms with Crippen LogP contribution in [0.4, 0.5) is 4.79 Å². The maximum absolute atomic E-state index is 11.6. The second-order valence-corrected chi connectivity index (χ2v) is 4.90. The summed E-state index contributed by atoms with van der Waals surface area (Å²) in [5.41, 5.74) is -0.0325. The van der Waals surface area contributed by atoms with Crippen molar-refractivity contribution in [1.29, 1.82) is 0 Å². The van der Waals surface area contributed by atoms with Crippen molar-refractivity contribution in [3.05, 3.63) is 30.1 Å². The number of rotatable bonds is 7. The molecule has 110 valence electrons. The number of aromatic nitrogens is 1. The molecule has 1 aromatic rings. The summed E-state index contributed by atoms with van der Waals surface area (Å²) in [6, 6.07) is 5.25. The number of carboxylic acids is 1. The molecule has 1 heterocycles. The highest BCUT2D eigenvalue weighted by Gasteiger charge is 2.31. The van der Waals surface area contributed by atoms with Gasteiger partial charge in [-0.3, -0.25) is 9.78 Å². The Morgan fingerprint density at radius 2 is 2.10 bits per heavy atom. The van der Waals surface area contributed by atoms with Crippen molar-refractivity contribution in [2.24, 2.45) is 5.41 Å². The molecule has 6 nitrogen and oxygen atoms in total. The van der Waals surface area contributed by atoms with Crippen LogP contribution >= 0.6 is 0 Å². The van der Waals surface area contributed by atoms with E-state index in [1.807, 2.05) is 18.2 Å². The van der Waals surface area contributed by atoms with E-state index in [0.29, 0.717) is 19.4 Å². The number of nitrogens with zero attached hydrogens (tertiary/aromatic N) is 1. The normalized spacial score (nSPS) is 13.3. The highest BCUT2D eigenvalue weighted by molar-refractivity contribution is 5.77. The van der Waals surface area contributed by atoms with Crippen LogP contribution in [0.3, 0.4) is 0 Å². The summed E-state index contributed by atoms with van der Waals surface area (Å²) in [5, 5.41) is 14.4. The fourth-order valence-corrected chi connectivity index (χ4v) is 1.54. The van der Waals surface area contributed by atoms with Crippen molar-refractivity contribution >= 4 is 12.0 Å². The Balaban J connectivity index is 2.29. The fourth-order valence-electron chi connectivity index (χ4n) is 1.54. The Morgan fingerprint density at radius 1 is 1.35 bits per heavy atom. The van der Waals surface area contributed by atoms with Crippen LogP contribution in [-0.4, -0.2) is 35.2 Å². The summed E-state index contributed by atoms with van der Waals surface area (Å²) in [5.74, 6) is -0.909. The van der Waals surface area contributed by atoms with Gasteiger partial charge in [-0.05, 0) is 25.5 Å². The quantitative estimate of drug-likeness (QED) is 0.704. The molecule has 0 aliphatic heterocycles. The van der Waals surface area contributed by atoms with Crippen molar-refractivity contribution < 1.29 is 14.7 Å². The van der Waals surface area contributed by atoms with E-state index in [1.54, 1.807) is 20.0 Å². The molecular formula is C14H21N3O3. The highest BCUT2D eigenvalue weighted by atomic mass is 16.4. The summed E-state index contributed by atoms with van der Waals surface area (Å²) < 4.78 is 0. The average molecular weight is 279 g/mol. The average Bonchev–Trinajstić information content (AvgIpc) is 2.45. The Bertz CT molecular complexity index is 450. The molecular weight excluding hydrogens is 258 g/mol. The van der Waals surface area contributed by atoms with Gasteiger partial charge in [-0.25, -0.2) is 4.79 Å². The van der Waals surface area contributed by atoms with Crippen LogP contribution in [0.25, 0.3) is 0 Å². The van der Waals surface area contributed by atoms with E-state index in [1.165, 1.54) is 0 Å². The first-order chi connectivity index (χ1) is 9.48. The minimum absolute atomic E-state index is 0.105. The minimum atomic E-state index is -0.932. The summed E-state index contributed by atoms with van der Waals surface area (Å²) in [4.78, 5) is 26.8. The number of aliphatic carboxylic acids is 1. The number of carboxylic acid groups (broad SMARTS) is 1. The van der Waals surface area contributed by atoms with Crippen LogP contribution in [0.15, 0.2) is 24.4 Å².